The highest BCUT2D eigenvalue weighted by Gasteiger charge is 2.31. The van der Waals surface area contributed by atoms with Crippen LogP contribution in [0.4, 0.5) is 24.7 Å². The van der Waals surface area contributed by atoms with Crippen LogP contribution in [0.1, 0.15) is 27.0 Å². The standard InChI is InChI=1S/C24H20F3N3O2/c1-16-9-11-21(28-15-16)29-22(31)12-10-17-5-3-6-18(13-17)23(32)30(2)20-8-4-7-19(14-20)24(25,26)27/h3-15H,1-2H3,(H,28,29,31). The lowest BCUT2D eigenvalue weighted by molar-refractivity contribution is -0.137. The Bertz CT molecular complexity index is 1160. The molecular formula is C24H20F3N3O2. The molecule has 1 aromatic heterocycles. The molecule has 0 saturated carbocycles. The predicted molar refractivity (Wildman–Crippen MR) is 117 cm³/mol. The Kier molecular flexibility index (Phi) is 6.73. The third kappa shape index (κ3) is 5.81. The normalized spacial score (nSPS) is 11.4. The number of alkyl halides is 3. The van der Waals surface area contributed by atoms with E-state index in [1.165, 1.54) is 31.3 Å². The average Bonchev–Trinajstić information content (AvgIpc) is 2.78. The van der Waals surface area contributed by atoms with Crippen molar-refractivity contribution in [2.45, 2.75) is 13.1 Å². The number of aryl methyl sites for hydroxylation is 1. The quantitative estimate of drug-likeness (QED) is 0.546. The van der Waals surface area contributed by atoms with E-state index in [2.05, 4.69) is 10.3 Å². The molecule has 0 aliphatic carbocycles. The molecule has 3 aromatic rings. The Hall–Kier alpha value is -3.94. The Morgan fingerprint density at radius 1 is 1.03 bits per heavy atom. The Labute approximate surface area is 183 Å². The van der Waals surface area contributed by atoms with Gasteiger partial charge in [0.15, 0.2) is 0 Å². The van der Waals surface area contributed by atoms with E-state index in [0.29, 0.717) is 11.4 Å². The van der Waals surface area contributed by atoms with Crippen LogP contribution in [0.2, 0.25) is 0 Å². The number of benzene rings is 2. The average molecular weight is 439 g/mol. The summed E-state index contributed by atoms with van der Waals surface area (Å²) in [7, 11) is 1.41. The molecule has 0 saturated heterocycles. The summed E-state index contributed by atoms with van der Waals surface area (Å²) in [4.78, 5) is 30.1. The number of anilines is 2. The van der Waals surface area contributed by atoms with Crippen LogP contribution in [0.3, 0.4) is 0 Å². The van der Waals surface area contributed by atoms with Gasteiger partial charge in [0.25, 0.3) is 5.91 Å². The number of halogens is 3. The minimum Gasteiger partial charge on any atom is -0.311 e. The summed E-state index contributed by atoms with van der Waals surface area (Å²) >= 11 is 0. The first kappa shape index (κ1) is 22.7. The van der Waals surface area contributed by atoms with Gasteiger partial charge < -0.3 is 10.2 Å². The topological polar surface area (TPSA) is 62.3 Å². The molecule has 32 heavy (non-hydrogen) atoms. The summed E-state index contributed by atoms with van der Waals surface area (Å²) in [5.41, 5.74) is 1.11. The second-order valence-electron chi connectivity index (χ2n) is 7.08. The Morgan fingerprint density at radius 2 is 1.78 bits per heavy atom. The first-order valence-corrected chi connectivity index (χ1v) is 9.60. The monoisotopic (exact) mass is 439 g/mol. The van der Waals surface area contributed by atoms with E-state index in [1.54, 1.807) is 36.5 Å². The van der Waals surface area contributed by atoms with Crippen LogP contribution in [-0.4, -0.2) is 23.8 Å². The Balaban J connectivity index is 1.72. The number of aromatic nitrogens is 1. The van der Waals surface area contributed by atoms with Gasteiger partial charge in [0.1, 0.15) is 5.82 Å². The number of hydrogen-bond donors (Lipinski definition) is 1. The van der Waals surface area contributed by atoms with Gasteiger partial charge in [-0.1, -0.05) is 24.3 Å². The maximum absolute atomic E-state index is 13.0. The summed E-state index contributed by atoms with van der Waals surface area (Å²) in [6, 6.07) is 14.5. The molecule has 0 aliphatic heterocycles. The lowest BCUT2D eigenvalue weighted by atomic mass is 10.1. The van der Waals surface area contributed by atoms with Crippen molar-refractivity contribution < 1.29 is 22.8 Å². The van der Waals surface area contributed by atoms with Gasteiger partial charge >= 0.3 is 6.18 Å². The molecule has 0 fully saturated rings. The predicted octanol–water partition coefficient (Wildman–Crippen LogP) is 5.34. The molecule has 0 atom stereocenters. The molecule has 5 nitrogen and oxygen atoms in total. The molecule has 0 aliphatic rings. The zero-order valence-electron chi connectivity index (χ0n) is 17.4. The van der Waals surface area contributed by atoms with Crippen molar-refractivity contribution in [2.24, 2.45) is 0 Å². The zero-order chi connectivity index (χ0) is 23.3. The lowest BCUT2D eigenvalue weighted by Gasteiger charge is -2.19. The second kappa shape index (κ2) is 9.47. The molecule has 2 aromatic carbocycles. The van der Waals surface area contributed by atoms with E-state index in [4.69, 9.17) is 0 Å². The molecule has 3 rings (SSSR count). The molecule has 0 spiro atoms. The highest BCUT2D eigenvalue weighted by Crippen LogP contribution is 2.31. The van der Waals surface area contributed by atoms with Crippen LogP contribution in [0.5, 0.6) is 0 Å². The van der Waals surface area contributed by atoms with E-state index < -0.39 is 17.6 Å². The summed E-state index contributed by atoms with van der Waals surface area (Å²) in [5, 5.41) is 2.63. The van der Waals surface area contributed by atoms with Gasteiger partial charge in [0.05, 0.1) is 5.56 Å². The van der Waals surface area contributed by atoms with Crippen LogP contribution in [0.25, 0.3) is 6.08 Å². The van der Waals surface area contributed by atoms with Crippen molar-refractivity contribution in [3.63, 3.8) is 0 Å². The molecule has 8 heteroatoms. The molecule has 0 unspecified atom stereocenters. The molecule has 2 amide bonds. The maximum Gasteiger partial charge on any atom is 0.416 e. The first-order valence-electron chi connectivity index (χ1n) is 9.60. The number of nitrogens with one attached hydrogen (secondary N) is 1. The van der Waals surface area contributed by atoms with E-state index in [-0.39, 0.29) is 17.2 Å². The van der Waals surface area contributed by atoms with Crippen LogP contribution in [0, 0.1) is 6.92 Å². The molecular weight excluding hydrogens is 419 g/mol. The fraction of sp³-hybridized carbons (Fsp3) is 0.125. The lowest BCUT2D eigenvalue weighted by Crippen LogP contribution is -2.26. The molecule has 1 N–H and O–H groups in total. The van der Waals surface area contributed by atoms with E-state index in [0.717, 1.165) is 22.6 Å². The SMILES string of the molecule is Cc1ccc(NC(=O)C=Cc2cccc(C(=O)N(C)c3cccc(C(F)(F)F)c3)c2)nc1. The van der Waals surface area contributed by atoms with Crippen molar-refractivity contribution in [2.75, 3.05) is 17.3 Å². The van der Waals surface area contributed by atoms with Gasteiger partial charge in [-0.05, 0) is 60.5 Å². The van der Waals surface area contributed by atoms with Gasteiger partial charge in [-0.3, -0.25) is 9.59 Å². The van der Waals surface area contributed by atoms with Crippen LogP contribution >= 0.6 is 0 Å². The molecule has 0 radical (unpaired) electrons. The summed E-state index contributed by atoms with van der Waals surface area (Å²) < 4.78 is 38.9. The van der Waals surface area contributed by atoms with Crippen LogP contribution in [0.15, 0.2) is 72.9 Å². The maximum atomic E-state index is 13.0. The van der Waals surface area contributed by atoms with Gasteiger partial charge in [-0.25, -0.2) is 4.98 Å². The highest BCUT2D eigenvalue weighted by atomic mass is 19.4. The third-order valence-corrected chi connectivity index (χ3v) is 4.59. The summed E-state index contributed by atoms with van der Waals surface area (Å²) in [6.45, 7) is 1.89. The number of hydrogen-bond acceptors (Lipinski definition) is 3. The number of pyridine rings is 1. The van der Waals surface area contributed by atoms with Crippen molar-refractivity contribution in [3.05, 3.63) is 95.2 Å². The van der Waals surface area contributed by atoms with Crippen molar-refractivity contribution >= 4 is 29.4 Å². The van der Waals surface area contributed by atoms with Crippen molar-refractivity contribution in [1.82, 2.24) is 4.98 Å². The van der Waals surface area contributed by atoms with Crippen LogP contribution in [-0.2, 0) is 11.0 Å². The van der Waals surface area contributed by atoms with E-state index in [1.807, 2.05) is 13.0 Å². The number of carbonyl (C=O) groups is 2. The first-order chi connectivity index (χ1) is 15.1. The van der Waals surface area contributed by atoms with E-state index in [9.17, 15) is 22.8 Å². The fourth-order valence-electron chi connectivity index (χ4n) is 2.86. The van der Waals surface area contributed by atoms with Crippen molar-refractivity contribution in [3.8, 4) is 0 Å². The molecule has 1 heterocycles. The number of carbonyl (C=O) groups excluding carboxylic acids is 2. The van der Waals surface area contributed by atoms with Gasteiger partial charge in [-0.2, -0.15) is 13.2 Å². The minimum absolute atomic E-state index is 0.121. The molecule has 164 valence electrons. The minimum atomic E-state index is -4.50. The van der Waals surface area contributed by atoms with Crippen molar-refractivity contribution in [1.29, 1.82) is 0 Å². The number of nitrogens with zero attached hydrogens (tertiary/aromatic N) is 2. The second-order valence-corrected chi connectivity index (χ2v) is 7.08. The largest absolute Gasteiger partial charge is 0.416 e. The van der Waals surface area contributed by atoms with Gasteiger partial charge in [0, 0.05) is 30.6 Å². The summed E-state index contributed by atoms with van der Waals surface area (Å²) in [6.07, 6.45) is -0.0270. The zero-order valence-corrected chi connectivity index (χ0v) is 17.4. The van der Waals surface area contributed by atoms with Gasteiger partial charge in [0.2, 0.25) is 5.91 Å². The van der Waals surface area contributed by atoms with Crippen LogP contribution < -0.4 is 10.2 Å². The molecule has 0 bridgehead atoms. The number of rotatable bonds is 5. The summed E-state index contributed by atoms with van der Waals surface area (Å²) in [5.74, 6) is -0.455. The van der Waals surface area contributed by atoms with Gasteiger partial charge in [-0.15, -0.1) is 0 Å². The smallest absolute Gasteiger partial charge is 0.311 e. The highest BCUT2D eigenvalue weighted by molar-refractivity contribution is 6.06. The fourth-order valence-corrected chi connectivity index (χ4v) is 2.86. The Morgan fingerprint density at radius 3 is 2.47 bits per heavy atom. The van der Waals surface area contributed by atoms with E-state index >= 15 is 0 Å². The third-order valence-electron chi connectivity index (χ3n) is 4.59. The number of amides is 2.